The highest BCUT2D eigenvalue weighted by Crippen LogP contribution is 2.28. The molecule has 0 aliphatic heterocycles. The molecule has 0 unspecified atom stereocenters. The number of H-pyrrole nitrogens is 1. The minimum absolute atomic E-state index is 0.0781. The Morgan fingerprint density at radius 1 is 1.33 bits per heavy atom. The SMILES string of the molecule is CC(=Cc1cncc(-c2c[nH]c3ncc(Cl)cc23)n1)C(=O)NCC(F)(F)F. The van der Waals surface area contributed by atoms with E-state index in [2.05, 4.69) is 19.9 Å². The van der Waals surface area contributed by atoms with Gasteiger partial charge in [0.2, 0.25) is 5.91 Å². The Labute approximate surface area is 156 Å². The summed E-state index contributed by atoms with van der Waals surface area (Å²) >= 11 is 5.99. The monoisotopic (exact) mass is 395 g/mol. The zero-order chi connectivity index (χ0) is 19.6. The van der Waals surface area contributed by atoms with Crippen molar-refractivity contribution in [3.05, 3.63) is 47.1 Å². The summed E-state index contributed by atoms with van der Waals surface area (Å²) in [5, 5.41) is 3.02. The van der Waals surface area contributed by atoms with E-state index in [1.165, 1.54) is 31.6 Å². The fraction of sp³-hybridized carbons (Fsp3) is 0.176. The molecule has 3 rings (SSSR count). The summed E-state index contributed by atoms with van der Waals surface area (Å²) in [4.78, 5) is 27.4. The van der Waals surface area contributed by atoms with Crippen molar-refractivity contribution in [3.63, 3.8) is 0 Å². The normalized spacial score (nSPS) is 12.4. The standard InChI is InChI=1S/C17H13ClF3N5O/c1-9(16(27)25-8-17(19,20)21)2-11-5-22-7-14(26-11)13-6-24-15-12(13)3-10(18)4-23-15/h2-7H,8H2,1H3,(H,23,24)(H,25,27). The molecule has 0 radical (unpaired) electrons. The summed E-state index contributed by atoms with van der Waals surface area (Å²) in [5.74, 6) is -0.831. The van der Waals surface area contributed by atoms with Gasteiger partial charge in [0.25, 0.3) is 0 Å². The third kappa shape index (κ3) is 4.62. The molecule has 10 heteroatoms. The molecular weight excluding hydrogens is 383 g/mol. The van der Waals surface area contributed by atoms with Crippen LogP contribution in [0, 0.1) is 0 Å². The highest BCUT2D eigenvalue weighted by atomic mass is 35.5. The van der Waals surface area contributed by atoms with E-state index in [4.69, 9.17) is 11.6 Å². The van der Waals surface area contributed by atoms with Crippen LogP contribution >= 0.6 is 11.6 Å². The van der Waals surface area contributed by atoms with E-state index < -0.39 is 18.6 Å². The molecule has 3 aromatic heterocycles. The van der Waals surface area contributed by atoms with Gasteiger partial charge < -0.3 is 10.3 Å². The fourth-order valence-corrected chi connectivity index (χ4v) is 2.54. The maximum atomic E-state index is 12.2. The summed E-state index contributed by atoms with van der Waals surface area (Å²) in [7, 11) is 0. The van der Waals surface area contributed by atoms with Gasteiger partial charge in [0.1, 0.15) is 12.2 Å². The van der Waals surface area contributed by atoms with Crippen molar-refractivity contribution in [1.29, 1.82) is 0 Å². The summed E-state index contributed by atoms with van der Waals surface area (Å²) in [6.07, 6.45) is 3.04. The Kier molecular flexibility index (Phi) is 5.13. The number of hydrogen-bond donors (Lipinski definition) is 2. The van der Waals surface area contributed by atoms with Gasteiger partial charge in [-0.15, -0.1) is 0 Å². The van der Waals surface area contributed by atoms with Gasteiger partial charge in [0.05, 0.1) is 28.8 Å². The van der Waals surface area contributed by atoms with Crippen molar-refractivity contribution < 1.29 is 18.0 Å². The molecule has 3 aromatic rings. The van der Waals surface area contributed by atoms with Crippen molar-refractivity contribution in [3.8, 4) is 11.3 Å². The van der Waals surface area contributed by atoms with Gasteiger partial charge in [-0.1, -0.05) is 11.6 Å². The van der Waals surface area contributed by atoms with Crippen LogP contribution in [-0.4, -0.2) is 38.6 Å². The molecule has 0 aliphatic rings. The first-order chi connectivity index (χ1) is 12.7. The Morgan fingerprint density at radius 2 is 2.11 bits per heavy atom. The van der Waals surface area contributed by atoms with Crippen LogP contribution in [-0.2, 0) is 4.79 Å². The number of nitrogens with one attached hydrogen (secondary N) is 2. The second-order valence-corrected chi connectivity index (χ2v) is 6.14. The number of nitrogens with zero attached hydrogens (tertiary/aromatic N) is 3. The molecule has 3 heterocycles. The summed E-state index contributed by atoms with van der Waals surface area (Å²) in [6, 6.07) is 1.73. The Morgan fingerprint density at radius 3 is 2.85 bits per heavy atom. The number of carbonyl (C=O) groups excluding carboxylic acids is 1. The topological polar surface area (TPSA) is 83.6 Å². The van der Waals surface area contributed by atoms with Crippen LogP contribution in [0.5, 0.6) is 0 Å². The molecular formula is C17H13ClF3N5O. The van der Waals surface area contributed by atoms with Crippen LogP contribution in [0.4, 0.5) is 13.2 Å². The van der Waals surface area contributed by atoms with Crippen molar-refractivity contribution >= 4 is 34.6 Å². The highest BCUT2D eigenvalue weighted by Gasteiger charge is 2.27. The minimum atomic E-state index is -4.47. The van der Waals surface area contributed by atoms with Crippen LogP contribution in [0.1, 0.15) is 12.6 Å². The lowest BCUT2D eigenvalue weighted by Crippen LogP contribution is -2.34. The van der Waals surface area contributed by atoms with Crippen molar-refractivity contribution in [2.75, 3.05) is 6.54 Å². The lowest BCUT2D eigenvalue weighted by molar-refractivity contribution is -0.136. The van der Waals surface area contributed by atoms with Crippen molar-refractivity contribution in [1.82, 2.24) is 25.3 Å². The maximum Gasteiger partial charge on any atom is 0.405 e. The number of pyridine rings is 1. The number of alkyl halides is 3. The molecule has 140 valence electrons. The maximum absolute atomic E-state index is 12.2. The van der Waals surface area contributed by atoms with E-state index in [0.717, 1.165) is 5.39 Å². The molecule has 6 nitrogen and oxygen atoms in total. The zero-order valence-corrected chi connectivity index (χ0v) is 14.7. The average Bonchev–Trinajstić information content (AvgIpc) is 3.02. The van der Waals surface area contributed by atoms with E-state index >= 15 is 0 Å². The second kappa shape index (κ2) is 7.36. The van der Waals surface area contributed by atoms with E-state index in [1.54, 1.807) is 17.6 Å². The number of aromatic nitrogens is 4. The van der Waals surface area contributed by atoms with E-state index in [0.29, 0.717) is 27.6 Å². The zero-order valence-electron chi connectivity index (χ0n) is 13.9. The van der Waals surface area contributed by atoms with Gasteiger partial charge in [-0.25, -0.2) is 9.97 Å². The van der Waals surface area contributed by atoms with Crippen LogP contribution in [0.25, 0.3) is 28.4 Å². The van der Waals surface area contributed by atoms with E-state index in [1.807, 2.05) is 0 Å². The number of carbonyl (C=O) groups is 1. The Balaban J connectivity index is 1.87. The average molecular weight is 396 g/mol. The molecule has 0 atom stereocenters. The van der Waals surface area contributed by atoms with Crippen molar-refractivity contribution in [2.45, 2.75) is 13.1 Å². The number of rotatable bonds is 4. The van der Waals surface area contributed by atoms with Crippen molar-refractivity contribution in [2.24, 2.45) is 0 Å². The predicted molar refractivity (Wildman–Crippen MR) is 94.8 cm³/mol. The molecule has 27 heavy (non-hydrogen) atoms. The summed E-state index contributed by atoms with van der Waals surface area (Å²) < 4.78 is 36.6. The van der Waals surface area contributed by atoms with E-state index in [9.17, 15) is 18.0 Å². The summed E-state index contributed by atoms with van der Waals surface area (Å²) in [6.45, 7) is 0.00127. The molecule has 0 aliphatic carbocycles. The van der Waals surface area contributed by atoms with Crippen LogP contribution < -0.4 is 5.32 Å². The molecule has 0 bridgehead atoms. The van der Waals surface area contributed by atoms with Crippen LogP contribution in [0.3, 0.4) is 0 Å². The lowest BCUT2D eigenvalue weighted by atomic mass is 10.1. The van der Waals surface area contributed by atoms with Gasteiger partial charge in [0.15, 0.2) is 0 Å². The third-order valence-electron chi connectivity index (χ3n) is 3.60. The Bertz CT molecular complexity index is 1030. The second-order valence-electron chi connectivity index (χ2n) is 5.71. The van der Waals surface area contributed by atoms with Gasteiger partial charge in [-0.2, -0.15) is 13.2 Å². The third-order valence-corrected chi connectivity index (χ3v) is 3.81. The molecule has 2 N–H and O–H groups in total. The molecule has 0 spiro atoms. The number of hydrogen-bond acceptors (Lipinski definition) is 4. The van der Waals surface area contributed by atoms with Gasteiger partial charge in [-0.3, -0.25) is 9.78 Å². The molecule has 0 saturated carbocycles. The molecule has 0 aromatic carbocycles. The highest BCUT2D eigenvalue weighted by molar-refractivity contribution is 6.31. The van der Waals surface area contributed by atoms with Crippen LogP contribution in [0.2, 0.25) is 5.02 Å². The first-order valence-electron chi connectivity index (χ1n) is 7.71. The summed E-state index contributed by atoms with van der Waals surface area (Å²) in [5.41, 5.74) is 2.25. The first-order valence-corrected chi connectivity index (χ1v) is 8.09. The quantitative estimate of drug-likeness (QED) is 0.659. The molecule has 1 amide bonds. The predicted octanol–water partition coefficient (Wildman–Crippen LogP) is 3.76. The fourth-order valence-electron chi connectivity index (χ4n) is 2.38. The van der Waals surface area contributed by atoms with Gasteiger partial charge >= 0.3 is 6.18 Å². The molecule has 0 saturated heterocycles. The number of fused-ring (bicyclic) bond motifs is 1. The lowest BCUT2D eigenvalue weighted by Gasteiger charge is -2.08. The molecule has 0 fully saturated rings. The van der Waals surface area contributed by atoms with Gasteiger partial charge in [0, 0.05) is 28.9 Å². The Hall–Kier alpha value is -2.94. The van der Waals surface area contributed by atoms with Crippen LogP contribution in [0.15, 0.2) is 36.4 Å². The minimum Gasteiger partial charge on any atom is -0.345 e. The number of aromatic amines is 1. The smallest absolute Gasteiger partial charge is 0.345 e. The number of amides is 1. The van der Waals surface area contributed by atoms with E-state index in [-0.39, 0.29) is 5.57 Å². The first kappa shape index (κ1) is 18.8. The van der Waals surface area contributed by atoms with Gasteiger partial charge in [-0.05, 0) is 19.1 Å². The number of halogens is 4. The largest absolute Gasteiger partial charge is 0.405 e.